The summed E-state index contributed by atoms with van der Waals surface area (Å²) in [6.45, 7) is 3.56. The Morgan fingerprint density at radius 3 is 2.50 bits per heavy atom. The highest BCUT2D eigenvalue weighted by molar-refractivity contribution is 5.72. The first-order valence-electron chi connectivity index (χ1n) is 4.68. The largest absolute Gasteiger partial charge is 0.469 e. The van der Waals surface area contributed by atoms with Crippen LogP contribution in [0.25, 0.3) is 0 Å². The van der Waals surface area contributed by atoms with Crippen LogP contribution in [0.2, 0.25) is 0 Å². The Kier molecular flexibility index (Phi) is 7.83. The van der Waals surface area contributed by atoms with E-state index >= 15 is 0 Å². The lowest BCUT2D eigenvalue weighted by Gasteiger charge is -2.04. The number of amides is 1. The third kappa shape index (κ3) is 8.99. The first-order valence-corrected chi connectivity index (χ1v) is 4.68. The standard InChI is InChI=1S/C9H18N2O3/c1-8(12)11-6-3-5-10-7-4-9(13)14-2/h10H,3-7H2,1-2H3,(H,11,12). The summed E-state index contributed by atoms with van der Waals surface area (Å²) in [4.78, 5) is 21.1. The van der Waals surface area contributed by atoms with Crippen molar-refractivity contribution in [1.29, 1.82) is 0 Å². The van der Waals surface area contributed by atoms with Crippen LogP contribution in [0.4, 0.5) is 0 Å². The molecule has 82 valence electrons. The zero-order valence-corrected chi connectivity index (χ0v) is 8.76. The maximum atomic E-state index is 10.7. The number of hydrogen-bond donors (Lipinski definition) is 2. The number of carbonyl (C=O) groups excluding carboxylic acids is 2. The molecule has 0 aliphatic carbocycles. The molecule has 0 aliphatic heterocycles. The molecule has 0 rings (SSSR count). The molecule has 0 heterocycles. The number of hydrogen-bond acceptors (Lipinski definition) is 4. The summed E-state index contributed by atoms with van der Waals surface area (Å²) in [5.41, 5.74) is 0. The monoisotopic (exact) mass is 202 g/mol. The average Bonchev–Trinajstić information content (AvgIpc) is 2.15. The summed E-state index contributed by atoms with van der Waals surface area (Å²) in [5, 5.41) is 5.76. The first-order chi connectivity index (χ1) is 6.66. The number of ether oxygens (including phenoxy) is 1. The number of esters is 1. The molecule has 14 heavy (non-hydrogen) atoms. The van der Waals surface area contributed by atoms with Crippen molar-refractivity contribution in [2.75, 3.05) is 26.7 Å². The van der Waals surface area contributed by atoms with Crippen LogP contribution in [0.15, 0.2) is 0 Å². The van der Waals surface area contributed by atoms with Gasteiger partial charge in [0.25, 0.3) is 0 Å². The number of carbonyl (C=O) groups is 2. The van der Waals surface area contributed by atoms with Gasteiger partial charge in [0.1, 0.15) is 0 Å². The molecule has 5 heteroatoms. The Balaban J connectivity index is 3.06. The van der Waals surface area contributed by atoms with E-state index in [4.69, 9.17) is 0 Å². The van der Waals surface area contributed by atoms with Gasteiger partial charge in [-0.05, 0) is 13.0 Å². The Labute approximate surface area is 84.2 Å². The molecule has 5 nitrogen and oxygen atoms in total. The van der Waals surface area contributed by atoms with Gasteiger partial charge in [-0.15, -0.1) is 0 Å². The highest BCUT2D eigenvalue weighted by Gasteiger charge is 1.97. The van der Waals surface area contributed by atoms with Crippen molar-refractivity contribution in [2.45, 2.75) is 19.8 Å². The molecule has 0 aromatic heterocycles. The predicted octanol–water partition coefficient (Wildman–Crippen LogP) is -0.335. The van der Waals surface area contributed by atoms with Gasteiger partial charge in [0, 0.05) is 20.0 Å². The summed E-state index contributed by atoms with van der Waals surface area (Å²) in [6, 6.07) is 0. The highest BCUT2D eigenvalue weighted by atomic mass is 16.5. The fraction of sp³-hybridized carbons (Fsp3) is 0.778. The smallest absolute Gasteiger partial charge is 0.306 e. The van der Waals surface area contributed by atoms with E-state index in [-0.39, 0.29) is 11.9 Å². The second-order valence-electron chi connectivity index (χ2n) is 2.91. The molecule has 0 saturated heterocycles. The van der Waals surface area contributed by atoms with E-state index in [1.54, 1.807) is 0 Å². The quantitative estimate of drug-likeness (QED) is 0.438. The minimum Gasteiger partial charge on any atom is -0.469 e. The molecule has 0 aromatic rings. The molecule has 0 bridgehead atoms. The van der Waals surface area contributed by atoms with Crippen LogP contribution in [-0.2, 0) is 14.3 Å². The van der Waals surface area contributed by atoms with Crippen LogP contribution in [-0.4, -0.2) is 38.6 Å². The SMILES string of the molecule is COC(=O)CCNCCCNC(C)=O. The molecule has 0 atom stereocenters. The summed E-state index contributed by atoms with van der Waals surface area (Å²) < 4.78 is 4.47. The van der Waals surface area contributed by atoms with Crippen LogP contribution in [0.3, 0.4) is 0 Å². The lowest BCUT2D eigenvalue weighted by atomic mass is 10.4. The lowest BCUT2D eigenvalue weighted by Crippen LogP contribution is -2.26. The van der Waals surface area contributed by atoms with Crippen LogP contribution < -0.4 is 10.6 Å². The molecule has 0 aromatic carbocycles. The van der Waals surface area contributed by atoms with E-state index < -0.39 is 0 Å². The normalized spacial score (nSPS) is 9.57. The van der Waals surface area contributed by atoms with Crippen LogP contribution >= 0.6 is 0 Å². The van der Waals surface area contributed by atoms with Gasteiger partial charge in [-0.25, -0.2) is 0 Å². The molecule has 0 fully saturated rings. The number of rotatable bonds is 7. The van der Waals surface area contributed by atoms with E-state index in [1.165, 1.54) is 14.0 Å². The molecule has 0 aliphatic rings. The van der Waals surface area contributed by atoms with Gasteiger partial charge < -0.3 is 15.4 Å². The van der Waals surface area contributed by atoms with Crippen molar-refractivity contribution in [3.8, 4) is 0 Å². The summed E-state index contributed by atoms with van der Waals surface area (Å²) in [7, 11) is 1.37. The molecule has 0 unspecified atom stereocenters. The van der Waals surface area contributed by atoms with E-state index in [2.05, 4.69) is 15.4 Å². The molecular weight excluding hydrogens is 184 g/mol. The maximum Gasteiger partial charge on any atom is 0.306 e. The second-order valence-corrected chi connectivity index (χ2v) is 2.91. The minimum atomic E-state index is -0.209. The third-order valence-electron chi connectivity index (χ3n) is 1.64. The summed E-state index contributed by atoms with van der Waals surface area (Å²) >= 11 is 0. The molecule has 0 spiro atoms. The van der Waals surface area contributed by atoms with Crippen molar-refractivity contribution in [3.63, 3.8) is 0 Å². The highest BCUT2D eigenvalue weighted by Crippen LogP contribution is 1.81. The topological polar surface area (TPSA) is 67.4 Å². The summed E-state index contributed by atoms with van der Waals surface area (Å²) in [5.74, 6) is -0.223. The van der Waals surface area contributed by atoms with Crippen molar-refractivity contribution in [3.05, 3.63) is 0 Å². The zero-order chi connectivity index (χ0) is 10.8. The average molecular weight is 202 g/mol. The predicted molar refractivity (Wildman–Crippen MR) is 52.8 cm³/mol. The maximum absolute atomic E-state index is 10.7. The van der Waals surface area contributed by atoms with Gasteiger partial charge in [-0.1, -0.05) is 0 Å². The molecule has 0 radical (unpaired) electrons. The zero-order valence-electron chi connectivity index (χ0n) is 8.76. The van der Waals surface area contributed by atoms with Crippen molar-refractivity contribution in [1.82, 2.24) is 10.6 Å². The van der Waals surface area contributed by atoms with E-state index in [9.17, 15) is 9.59 Å². The molecule has 1 amide bonds. The van der Waals surface area contributed by atoms with Gasteiger partial charge in [-0.2, -0.15) is 0 Å². The minimum absolute atomic E-state index is 0.0143. The number of nitrogens with one attached hydrogen (secondary N) is 2. The second kappa shape index (κ2) is 8.50. The van der Waals surface area contributed by atoms with Gasteiger partial charge in [-0.3, -0.25) is 9.59 Å². The first kappa shape index (κ1) is 12.9. The van der Waals surface area contributed by atoms with Crippen molar-refractivity contribution >= 4 is 11.9 Å². The van der Waals surface area contributed by atoms with Crippen molar-refractivity contribution in [2.24, 2.45) is 0 Å². The molecule has 2 N–H and O–H groups in total. The Morgan fingerprint density at radius 1 is 1.21 bits per heavy atom. The lowest BCUT2D eigenvalue weighted by molar-refractivity contribution is -0.140. The van der Waals surface area contributed by atoms with Gasteiger partial charge in [0.2, 0.25) is 5.91 Å². The van der Waals surface area contributed by atoms with Crippen LogP contribution in [0.5, 0.6) is 0 Å². The van der Waals surface area contributed by atoms with Crippen molar-refractivity contribution < 1.29 is 14.3 Å². The fourth-order valence-corrected chi connectivity index (χ4v) is 0.895. The Bertz CT molecular complexity index is 183. The molecular formula is C9H18N2O3. The van der Waals surface area contributed by atoms with Crippen LogP contribution in [0, 0.1) is 0 Å². The third-order valence-corrected chi connectivity index (χ3v) is 1.64. The van der Waals surface area contributed by atoms with Gasteiger partial charge >= 0.3 is 5.97 Å². The molecule has 0 saturated carbocycles. The van der Waals surface area contributed by atoms with E-state index in [1.807, 2.05) is 0 Å². The Morgan fingerprint density at radius 2 is 1.93 bits per heavy atom. The van der Waals surface area contributed by atoms with Crippen LogP contribution in [0.1, 0.15) is 19.8 Å². The fourth-order valence-electron chi connectivity index (χ4n) is 0.895. The Hall–Kier alpha value is -1.10. The summed E-state index contributed by atoms with van der Waals surface area (Å²) in [6.07, 6.45) is 1.25. The van der Waals surface area contributed by atoms with E-state index in [0.29, 0.717) is 19.5 Å². The van der Waals surface area contributed by atoms with Gasteiger partial charge in [0.15, 0.2) is 0 Å². The van der Waals surface area contributed by atoms with Gasteiger partial charge in [0.05, 0.1) is 13.5 Å². The van der Waals surface area contributed by atoms with E-state index in [0.717, 1.165) is 13.0 Å². The number of methoxy groups -OCH3 is 1.